The number of aromatic nitrogens is 2. The van der Waals surface area contributed by atoms with Crippen LogP contribution >= 0.6 is 0 Å². The molecule has 1 N–H and O–H groups in total. The van der Waals surface area contributed by atoms with Crippen LogP contribution in [0.4, 0.5) is 25.7 Å². The first-order valence-corrected chi connectivity index (χ1v) is 12.9. The van der Waals surface area contributed by atoms with Gasteiger partial charge in [-0.3, -0.25) is 9.80 Å². The topological polar surface area (TPSA) is 100 Å². The molecule has 38 heavy (non-hydrogen) atoms. The van der Waals surface area contributed by atoms with Crippen LogP contribution in [0.25, 0.3) is 0 Å². The summed E-state index contributed by atoms with van der Waals surface area (Å²) in [5.41, 5.74) is 0.821. The Labute approximate surface area is 223 Å². The molecule has 11 heteroatoms. The van der Waals surface area contributed by atoms with Crippen molar-refractivity contribution in [3.8, 4) is 0 Å². The van der Waals surface area contributed by atoms with Gasteiger partial charge in [-0.05, 0) is 51.8 Å². The number of hydrogen-bond donors (Lipinski definition) is 1. The quantitative estimate of drug-likeness (QED) is 0.565. The summed E-state index contributed by atoms with van der Waals surface area (Å²) in [6.07, 6.45) is 0.793. The number of ether oxygens (including phenoxy) is 2. The zero-order chi connectivity index (χ0) is 27.5. The van der Waals surface area contributed by atoms with Crippen molar-refractivity contribution in [2.45, 2.75) is 58.3 Å². The number of amides is 2. The lowest BCUT2D eigenvalue weighted by atomic mass is 10.1. The number of halogens is 1. The number of cyclic esters (lactones) is 1. The number of benzene rings is 1. The van der Waals surface area contributed by atoms with Crippen molar-refractivity contribution in [1.29, 1.82) is 0 Å². The number of rotatable bonds is 7. The molecule has 0 bridgehead atoms. The zero-order valence-corrected chi connectivity index (χ0v) is 22.7. The van der Waals surface area contributed by atoms with Crippen molar-refractivity contribution < 1.29 is 23.5 Å². The molecule has 1 unspecified atom stereocenters. The SMILES string of the molecule is CC(C)(C)OC(=O)N1CCN(Cc2ccc(C(CF)Nc3nccc(N4C(=O)OCC4(C)C)n3)cc2)CC1. The highest BCUT2D eigenvalue weighted by molar-refractivity contribution is 5.90. The minimum atomic E-state index is -0.656. The fraction of sp³-hybridized carbons (Fsp3) is 0.556. The van der Waals surface area contributed by atoms with E-state index in [0.717, 1.165) is 30.8 Å². The van der Waals surface area contributed by atoms with E-state index in [4.69, 9.17) is 9.47 Å². The maximum atomic E-state index is 14.0. The minimum absolute atomic E-state index is 0.229. The van der Waals surface area contributed by atoms with Gasteiger partial charge in [0.25, 0.3) is 0 Å². The molecule has 0 radical (unpaired) electrons. The first-order chi connectivity index (χ1) is 17.9. The fourth-order valence-electron chi connectivity index (χ4n) is 4.46. The van der Waals surface area contributed by atoms with E-state index in [0.29, 0.717) is 18.9 Å². The number of anilines is 2. The smallest absolute Gasteiger partial charge is 0.416 e. The number of alkyl halides is 1. The van der Waals surface area contributed by atoms with E-state index in [1.54, 1.807) is 11.0 Å². The Bertz CT molecular complexity index is 1130. The van der Waals surface area contributed by atoms with Crippen LogP contribution in [-0.2, 0) is 16.0 Å². The highest BCUT2D eigenvalue weighted by Crippen LogP contribution is 2.30. The standard InChI is InChI=1S/C27H37FN6O4/c1-26(2,3)38-24(35)33-14-12-32(13-15-33)17-19-6-8-20(9-7-19)21(16-28)30-23-29-11-10-22(31-23)34-25(36)37-18-27(34,4)5/h6-11,21H,12-18H2,1-5H3,(H,29,30,31). The summed E-state index contributed by atoms with van der Waals surface area (Å²) in [5.74, 6) is 0.627. The summed E-state index contributed by atoms with van der Waals surface area (Å²) in [4.78, 5) is 38.7. The van der Waals surface area contributed by atoms with Gasteiger partial charge in [0.05, 0.1) is 11.6 Å². The predicted octanol–water partition coefficient (Wildman–Crippen LogP) is 4.39. The van der Waals surface area contributed by atoms with Crippen molar-refractivity contribution in [3.05, 3.63) is 47.7 Å². The Kier molecular flexibility index (Phi) is 8.05. The fourth-order valence-corrected chi connectivity index (χ4v) is 4.46. The summed E-state index contributed by atoms with van der Waals surface area (Å²) in [6.45, 7) is 12.5. The molecule has 2 amide bonds. The van der Waals surface area contributed by atoms with Crippen LogP contribution in [0.3, 0.4) is 0 Å². The molecule has 2 fully saturated rings. The summed E-state index contributed by atoms with van der Waals surface area (Å²) in [6, 6.07) is 8.75. The van der Waals surface area contributed by atoms with Gasteiger partial charge in [0.2, 0.25) is 5.95 Å². The average molecular weight is 529 g/mol. The molecule has 0 spiro atoms. The van der Waals surface area contributed by atoms with Crippen LogP contribution < -0.4 is 10.2 Å². The lowest BCUT2D eigenvalue weighted by molar-refractivity contribution is 0.0139. The summed E-state index contributed by atoms with van der Waals surface area (Å²) >= 11 is 0. The number of nitrogens with one attached hydrogen (secondary N) is 1. The molecule has 4 rings (SSSR count). The zero-order valence-electron chi connectivity index (χ0n) is 22.7. The van der Waals surface area contributed by atoms with Crippen molar-refractivity contribution >= 4 is 24.0 Å². The van der Waals surface area contributed by atoms with Crippen molar-refractivity contribution in [2.24, 2.45) is 0 Å². The molecule has 2 aliphatic heterocycles. The number of piperazine rings is 1. The maximum Gasteiger partial charge on any atom is 0.416 e. The number of hydrogen-bond acceptors (Lipinski definition) is 8. The van der Waals surface area contributed by atoms with Crippen molar-refractivity contribution in [2.75, 3.05) is 49.7 Å². The second-order valence-electron chi connectivity index (χ2n) is 11.3. The van der Waals surface area contributed by atoms with E-state index in [1.807, 2.05) is 58.9 Å². The van der Waals surface area contributed by atoms with Crippen LogP contribution in [0, 0.1) is 0 Å². The molecular formula is C27H37FN6O4. The molecule has 1 aromatic carbocycles. The summed E-state index contributed by atoms with van der Waals surface area (Å²) in [7, 11) is 0. The Hall–Kier alpha value is -3.47. The Balaban J connectivity index is 1.34. The highest BCUT2D eigenvalue weighted by Gasteiger charge is 2.42. The van der Waals surface area contributed by atoms with E-state index in [9.17, 15) is 14.0 Å². The largest absolute Gasteiger partial charge is 0.447 e. The number of carbonyl (C=O) groups is 2. The number of carbonyl (C=O) groups excluding carboxylic acids is 2. The monoisotopic (exact) mass is 528 g/mol. The van der Waals surface area contributed by atoms with Gasteiger partial charge in [0.15, 0.2) is 0 Å². The van der Waals surface area contributed by atoms with Gasteiger partial charge in [-0.1, -0.05) is 24.3 Å². The van der Waals surface area contributed by atoms with Crippen molar-refractivity contribution in [1.82, 2.24) is 19.8 Å². The molecule has 2 saturated heterocycles. The predicted molar refractivity (Wildman–Crippen MR) is 142 cm³/mol. The molecule has 206 valence electrons. The second-order valence-corrected chi connectivity index (χ2v) is 11.3. The molecule has 2 aliphatic rings. The molecule has 1 aromatic heterocycles. The number of nitrogens with zero attached hydrogens (tertiary/aromatic N) is 5. The Morgan fingerprint density at radius 3 is 2.42 bits per heavy atom. The molecular weight excluding hydrogens is 491 g/mol. The van der Waals surface area contributed by atoms with Gasteiger partial charge in [-0.2, -0.15) is 4.98 Å². The van der Waals surface area contributed by atoms with Crippen LogP contribution in [0.5, 0.6) is 0 Å². The van der Waals surface area contributed by atoms with Crippen molar-refractivity contribution in [3.63, 3.8) is 0 Å². The molecule has 0 aliphatic carbocycles. The third-order valence-electron chi connectivity index (χ3n) is 6.48. The lowest BCUT2D eigenvalue weighted by Crippen LogP contribution is -2.49. The van der Waals surface area contributed by atoms with Gasteiger partial charge in [0.1, 0.15) is 24.7 Å². The summed E-state index contributed by atoms with van der Waals surface area (Å²) in [5, 5.41) is 3.05. The van der Waals surface area contributed by atoms with Gasteiger partial charge in [-0.15, -0.1) is 0 Å². The maximum absolute atomic E-state index is 14.0. The normalized spacial score (nSPS) is 18.7. The van der Waals surface area contributed by atoms with Gasteiger partial charge >= 0.3 is 12.2 Å². The van der Waals surface area contributed by atoms with E-state index in [2.05, 4.69) is 20.2 Å². The van der Waals surface area contributed by atoms with Crippen LogP contribution in [-0.4, -0.2) is 82.6 Å². The van der Waals surface area contributed by atoms with Gasteiger partial charge in [0, 0.05) is 38.9 Å². The van der Waals surface area contributed by atoms with Gasteiger partial charge in [-0.25, -0.2) is 19.0 Å². The van der Waals surface area contributed by atoms with E-state index in [1.165, 1.54) is 11.1 Å². The highest BCUT2D eigenvalue weighted by atomic mass is 19.1. The Morgan fingerprint density at radius 1 is 1.16 bits per heavy atom. The summed E-state index contributed by atoms with van der Waals surface area (Å²) < 4.78 is 24.7. The third-order valence-corrected chi connectivity index (χ3v) is 6.48. The molecule has 0 saturated carbocycles. The molecule has 2 aromatic rings. The minimum Gasteiger partial charge on any atom is -0.447 e. The average Bonchev–Trinajstić information content (AvgIpc) is 3.14. The Morgan fingerprint density at radius 2 is 1.84 bits per heavy atom. The van der Waals surface area contributed by atoms with Crippen LogP contribution in [0.2, 0.25) is 0 Å². The molecule has 10 nitrogen and oxygen atoms in total. The van der Waals surface area contributed by atoms with E-state index >= 15 is 0 Å². The third kappa shape index (κ3) is 6.69. The van der Waals surface area contributed by atoms with Crippen LogP contribution in [0.1, 0.15) is 51.8 Å². The van der Waals surface area contributed by atoms with E-state index < -0.39 is 29.9 Å². The lowest BCUT2D eigenvalue weighted by Gasteiger charge is -2.35. The first-order valence-electron chi connectivity index (χ1n) is 12.9. The molecule has 1 atom stereocenters. The van der Waals surface area contributed by atoms with Crippen LogP contribution in [0.15, 0.2) is 36.5 Å². The molecule has 3 heterocycles. The second kappa shape index (κ2) is 11.1. The van der Waals surface area contributed by atoms with Gasteiger partial charge < -0.3 is 19.7 Å². The first kappa shape index (κ1) is 27.6. The van der Waals surface area contributed by atoms with E-state index in [-0.39, 0.29) is 18.6 Å².